The van der Waals surface area contributed by atoms with Crippen molar-refractivity contribution in [3.05, 3.63) is 70.5 Å². The van der Waals surface area contributed by atoms with Crippen molar-refractivity contribution >= 4 is 0 Å². The maximum Gasteiger partial charge on any atom is 0.419 e. The Bertz CT molecular complexity index is 568. The Morgan fingerprint density at radius 2 is 1.58 bits per heavy atom. The van der Waals surface area contributed by atoms with Crippen LogP contribution in [0.5, 0.6) is 0 Å². The lowest BCUT2D eigenvalue weighted by atomic mass is 10.0. The van der Waals surface area contributed by atoms with Gasteiger partial charge in [-0.2, -0.15) is 13.2 Å². The van der Waals surface area contributed by atoms with Gasteiger partial charge >= 0.3 is 6.18 Å². The minimum absolute atomic E-state index is 0.0543. The van der Waals surface area contributed by atoms with Gasteiger partial charge in [0.15, 0.2) is 0 Å². The molecule has 0 unspecified atom stereocenters. The topological polar surface area (TPSA) is 0 Å². The zero-order valence-electron chi connectivity index (χ0n) is 10.3. The van der Waals surface area contributed by atoms with Gasteiger partial charge in [0.25, 0.3) is 0 Å². The van der Waals surface area contributed by atoms with Crippen LogP contribution in [-0.2, 0) is 12.6 Å². The largest absolute Gasteiger partial charge is 0.419 e. The zero-order chi connectivity index (χ0) is 14.0. The molecule has 0 heterocycles. The van der Waals surface area contributed by atoms with Crippen molar-refractivity contribution in [3.63, 3.8) is 0 Å². The molecule has 0 N–H and O–H groups in total. The van der Waals surface area contributed by atoms with Crippen LogP contribution >= 0.6 is 0 Å². The first-order valence-corrected chi connectivity index (χ1v) is 5.78. The minimum atomic E-state index is -4.66. The molecule has 0 saturated heterocycles. The van der Waals surface area contributed by atoms with Crippen molar-refractivity contribution in [1.82, 2.24) is 0 Å². The molecule has 4 heteroatoms. The fraction of sp³-hybridized carbons (Fsp3) is 0.200. The Labute approximate surface area is 108 Å². The quantitative estimate of drug-likeness (QED) is 0.690. The lowest BCUT2D eigenvalue weighted by molar-refractivity contribution is -0.140. The standard InChI is InChI=1S/C15H12F4/c1-10-5-7-11(8-6-10)9-12-3-2-4-13(14(12)16)15(17,18)19/h2-8H,9H2,1H3. The molecule has 2 aromatic carbocycles. The highest BCUT2D eigenvalue weighted by Gasteiger charge is 2.34. The van der Waals surface area contributed by atoms with Crippen molar-refractivity contribution < 1.29 is 17.6 Å². The zero-order valence-corrected chi connectivity index (χ0v) is 10.3. The molecule has 0 atom stereocenters. The molecule has 0 aliphatic rings. The smallest absolute Gasteiger partial charge is 0.206 e. The Kier molecular flexibility index (Phi) is 3.60. The average molecular weight is 268 g/mol. The molecule has 0 radical (unpaired) electrons. The van der Waals surface area contributed by atoms with Gasteiger partial charge in [0.1, 0.15) is 5.82 Å². The maximum absolute atomic E-state index is 13.8. The van der Waals surface area contributed by atoms with Crippen molar-refractivity contribution in [2.24, 2.45) is 0 Å². The Hall–Kier alpha value is -1.84. The summed E-state index contributed by atoms with van der Waals surface area (Å²) in [6, 6.07) is 10.6. The fourth-order valence-corrected chi connectivity index (χ4v) is 1.86. The molecular formula is C15H12F4. The summed E-state index contributed by atoms with van der Waals surface area (Å²) in [4.78, 5) is 0. The van der Waals surface area contributed by atoms with E-state index in [9.17, 15) is 17.6 Å². The van der Waals surface area contributed by atoms with E-state index in [0.29, 0.717) is 0 Å². The number of benzene rings is 2. The van der Waals surface area contributed by atoms with Crippen LogP contribution in [0, 0.1) is 12.7 Å². The predicted octanol–water partition coefficient (Wildman–Crippen LogP) is 4.74. The van der Waals surface area contributed by atoms with Gasteiger partial charge in [-0.05, 0) is 24.1 Å². The van der Waals surface area contributed by atoms with Gasteiger partial charge in [-0.1, -0.05) is 42.0 Å². The van der Waals surface area contributed by atoms with E-state index in [2.05, 4.69) is 0 Å². The molecule has 2 rings (SSSR count). The van der Waals surface area contributed by atoms with E-state index in [1.165, 1.54) is 12.1 Å². The molecule has 0 fully saturated rings. The third kappa shape index (κ3) is 3.13. The van der Waals surface area contributed by atoms with Gasteiger partial charge in [0, 0.05) is 6.42 Å². The molecule has 0 aliphatic carbocycles. The van der Waals surface area contributed by atoms with Gasteiger partial charge in [-0.25, -0.2) is 4.39 Å². The van der Waals surface area contributed by atoms with Crippen LogP contribution in [0.4, 0.5) is 17.6 Å². The third-order valence-electron chi connectivity index (χ3n) is 2.90. The predicted molar refractivity (Wildman–Crippen MR) is 65.4 cm³/mol. The fourth-order valence-electron chi connectivity index (χ4n) is 1.86. The second kappa shape index (κ2) is 5.03. The van der Waals surface area contributed by atoms with E-state index >= 15 is 0 Å². The number of aryl methyl sites for hydroxylation is 1. The molecule has 0 saturated carbocycles. The molecule has 19 heavy (non-hydrogen) atoms. The first kappa shape index (κ1) is 13.6. The monoisotopic (exact) mass is 268 g/mol. The van der Waals surface area contributed by atoms with E-state index in [1.54, 1.807) is 12.1 Å². The van der Waals surface area contributed by atoms with Crippen molar-refractivity contribution in [2.45, 2.75) is 19.5 Å². The van der Waals surface area contributed by atoms with E-state index in [4.69, 9.17) is 0 Å². The summed E-state index contributed by atoms with van der Waals surface area (Å²) in [5.41, 5.74) is 0.674. The summed E-state index contributed by atoms with van der Waals surface area (Å²) < 4.78 is 51.6. The van der Waals surface area contributed by atoms with Crippen LogP contribution in [0.25, 0.3) is 0 Å². The number of alkyl halides is 3. The lowest BCUT2D eigenvalue weighted by Gasteiger charge is -2.11. The lowest BCUT2D eigenvalue weighted by Crippen LogP contribution is -2.10. The minimum Gasteiger partial charge on any atom is -0.206 e. The van der Waals surface area contributed by atoms with Crippen LogP contribution in [-0.4, -0.2) is 0 Å². The first-order chi connectivity index (χ1) is 8.88. The van der Waals surface area contributed by atoms with Crippen LogP contribution in [0.3, 0.4) is 0 Å². The molecule has 0 bridgehead atoms. The van der Waals surface area contributed by atoms with Crippen LogP contribution in [0.1, 0.15) is 22.3 Å². The van der Waals surface area contributed by atoms with Gasteiger partial charge in [-0.15, -0.1) is 0 Å². The Morgan fingerprint density at radius 3 is 2.16 bits per heavy atom. The third-order valence-corrected chi connectivity index (χ3v) is 2.90. The number of hydrogen-bond donors (Lipinski definition) is 0. The SMILES string of the molecule is Cc1ccc(Cc2cccc(C(F)(F)F)c2F)cc1. The van der Waals surface area contributed by atoms with E-state index in [1.807, 2.05) is 19.1 Å². The van der Waals surface area contributed by atoms with Gasteiger partial charge in [0.05, 0.1) is 5.56 Å². The van der Waals surface area contributed by atoms with Crippen molar-refractivity contribution in [1.29, 1.82) is 0 Å². The summed E-state index contributed by atoms with van der Waals surface area (Å²) in [5.74, 6) is -1.18. The molecule has 0 spiro atoms. The summed E-state index contributed by atoms with van der Waals surface area (Å²) in [6.45, 7) is 1.91. The molecular weight excluding hydrogens is 256 g/mol. The Balaban J connectivity index is 2.33. The van der Waals surface area contributed by atoms with E-state index in [-0.39, 0.29) is 12.0 Å². The summed E-state index contributed by atoms with van der Waals surface area (Å²) in [5, 5.41) is 0. The summed E-state index contributed by atoms with van der Waals surface area (Å²) in [7, 11) is 0. The van der Waals surface area contributed by atoms with E-state index in [0.717, 1.165) is 17.2 Å². The second-order valence-corrected chi connectivity index (χ2v) is 4.44. The highest BCUT2D eigenvalue weighted by atomic mass is 19.4. The highest BCUT2D eigenvalue weighted by Crippen LogP contribution is 2.32. The number of rotatable bonds is 2. The molecule has 0 amide bonds. The van der Waals surface area contributed by atoms with Crippen LogP contribution < -0.4 is 0 Å². The molecule has 0 aromatic heterocycles. The molecule has 0 aliphatic heterocycles. The average Bonchev–Trinajstić information content (AvgIpc) is 2.33. The molecule has 0 nitrogen and oxygen atoms in total. The highest BCUT2D eigenvalue weighted by molar-refractivity contribution is 5.33. The van der Waals surface area contributed by atoms with Crippen molar-refractivity contribution in [2.75, 3.05) is 0 Å². The summed E-state index contributed by atoms with van der Waals surface area (Å²) in [6.07, 6.45) is -4.51. The summed E-state index contributed by atoms with van der Waals surface area (Å²) >= 11 is 0. The molecule has 100 valence electrons. The Morgan fingerprint density at radius 1 is 0.947 bits per heavy atom. The van der Waals surface area contributed by atoms with E-state index < -0.39 is 17.6 Å². The van der Waals surface area contributed by atoms with Crippen LogP contribution in [0.15, 0.2) is 42.5 Å². The van der Waals surface area contributed by atoms with Gasteiger partial charge in [0.2, 0.25) is 0 Å². The first-order valence-electron chi connectivity index (χ1n) is 5.78. The number of halogens is 4. The van der Waals surface area contributed by atoms with Gasteiger partial charge in [-0.3, -0.25) is 0 Å². The van der Waals surface area contributed by atoms with Gasteiger partial charge < -0.3 is 0 Å². The number of hydrogen-bond acceptors (Lipinski definition) is 0. The van der Waals surface area contributed by atoms with Crippen molar-refractivity contribution in [3.8, 4) is 0 Å². The molecule has 2 aromatic rings. The second-order valence-electron chi connectivity index (χ2n) is 4.44. The van der Waals surface area contributed by atoms with Crippen LogP contribution in [0.2, 0.25) is 0 Å². The maximum atomic E-state index is 13.8. The normalized spacial score (nSPS) is 11.6.